The van der Waals surface area contributed by atoms with E-state index in [0.29, 0.717) is 0 Å². The van der Waals surface area contributed by atoms with Crippen LogP contribution in [0.2, 0.25) is 0 Å². The maximum atomic E-state index is 11.7. The molecule has 0 aliphatic heterocycles. The molecule has 0 fully saturated rings. The van der Waals surface area contributed by atoms with Crippen molar-refractivity contribution in [2.24, 2.45) is 17.0 Å². The summed E-state index contributed by atoms with van der Waals surface area (Å²) in [6.07, 6.45) is 4.02. The van der Waals surface area contributed by atoms with Gasteiger partial charge in [0.1, 0.15) is 0 Å². The van der Waals surface area contributed by atoms with Crippen LogP contribution in [-0.4, -0.2) is 17.7 Å². The first-order chi connectivity index (χ1) is 8.42. The topological polar surface area (TPSA) is 67.8 Å². The van der Waals surface area contributed by atoms with E-state index in [0.717, 1.165) is 6.42 Å². The van der Waals surface area contributed by atoms with Crippen LogP contribution >= 0.6 is 0 Å². The molecule has 102 valence electrons. The second-order valence-corrected chi connectivity index (χ2v) is 4.34. The van der Waals surface area contributed by atoms with E-state index in [1.54, 1.807) is 32.9 Å². The zero-order valence-corrected chi connectivity index (χ0v) is 11.7. The summed E-state index contributed by atoms with van der Waals surface area (Å²) in [5.74, 6) is -0.714. The van der Waals surface area contributed by atoms with E-state index in [1.165, 1.54) is 0 Å². The van der Waals surface area contributed by atoms with Crippen molar-refractivity contribution in [2.45, 2.75) is 41.0 Å². The maximum absolute atomic E-state index is 11.7. The molecule has 1 N–H and O–H groups in total. The molecule has 0 aliphatic carbocycles. The van der Waals surface area contributed by atoms with E-state index < -0.39 is 5.97 Å². The van der Waals surface area contributed by atoms with Crippen LogP contribution in [0.25, 0.3) is 0 Å². The van der Waals surface area contributed by atoms with Gasteiger partial charge >= 0.3 is 5.97 Å². The molecular weight excluding hydrogens is 232 g/mol. The van der Waals surface area contributed by atoms with Gasteiger partial charge in [-0.3, -0.25) is 4.79 Å². The van der Waals surface area contributed by atoms with Gasteiger partial charge in [-0.05, 0) is 19.4 Å². The molecule has 1 amide bonds. The number of hydrogen-bond acceptors (Lipinski definition) is 4. The van der Waals surface area contributed by atoms with Crippen molar-refractivity contribution in [3.63, 3.8) is 0 Å². The van der Waals surface area contributed by atoms with Crippen LogP contribution in [0.5, 0.6) is 0 Å². The number of nitrogens with one attached hydrogen (secondary N) is 1. The third-order valence-corrected chi connectivity index (χ3v) is 2.34. The van der Waals surface area contributed by atoms with Crippen LogP contribution in [0.3, 0.4) is 0 Å². The van der Waals surface area contributed by atoms with E-state index in [4.69, 9.17) is 4.84 Å². The average Bonchev–Trinajstić information content (AvgIpc) is 2.34. The Hall–Kier alpha value is -1.65. The number of oxime groups is 1. The molecule has 0 aliphatic rings. The van der Waals surface area contributed by atoms with Gasteiger partial charge in [0.25, 0.3) is 0 Å². The van der Waals surface area contributed by atoms with Crippen LogP contribution in [0, 0.1) is 11.8 Å². The highest BCUT2D eigenvalue weighted by Crippen LogP contribution is 2.01. The minimum absolute atomic E-state index is 0.110. The average molecular weight is 254 g/mol. The molecule has 0 aromatic heterocycles. The summed E-state index contributed by atoms with van der Waals surface area (Å²) in [6, 6.07) is 0. The summed E-state index contributed by atoms with van der Waals surface area (Å²) < 4.78 is 0. The van der Waals surface area contributed by atoms with E-state index in [-0.39, 0.29) is 23.6 Å². The molecule has 0 spiro atoms. The van der Waals surface area contributed by atoms with Gasteiger partial charge in [-0.2, -0.15) is 0 Å². The molecular formula is C13H22N2O3. The number of amidine groups is 1. The van der Waals surface area contributed by atoms with E-state index >= 15 is 0 Å². The SMILES string of the molecule is C/C=C\C(=N/OC(=O)C(C)C)NC(=O)C(C)CC. The molecule has 0 saturated carbocycles. The minimum Gasteiger partial charge on any atom is -0.316 e. The van der Waals surface area contributed by atoms with Crippen molar-refractivity contribution in [3.05, 3.63) is 12.2 Å². The number of carbonyl (C=O) groups is 2. The van der Waals surface area contributed by atoms with Crippen molar-refractivity contribution in [2.75, 3.05) is 0 Å². The molecule has 0 saturated heterocycles. The molecule has 1 atom stereocenters. The Kier molecular flexibility index (Phi) is 7.67. The lowest BCUT2D eigenvalue weighted by Gasteiger charge is -2.09. The summed E-state index contributed by atoms with van der Waals surface area (Å²) in [7, 11) is 0. The predicted molar refractivity (Wildman–Crippen MR) is 70.8 cm³/mol. The smallest absolute Gasteiger partial charge is 0.316 e. The van der Waals surface area contributed by atoms with Gasteiger partial charge in [-0.25, -0.2) is 4.79 Å². The van der Waals surface area contributed by atoms with Gasteiger partial charge in [0, 0.05) is 5.92 Å². The standard InChI is InChI=1S/C13H22N2O3/c1-6-8-11(14-12(16)10(5)7-2)15-18-13(17)9(3)4/h6,8-10H,7H2,1-5H3,(H,14,15,16)/b8-6-. The van der Waals surface area contributed by atoms with Crippen LogP contribution in [0.15, 0.2) is 17.3 Å². The first kappa shape index (κ1) is 16.4. The fraction of sp³-hybridized carbons (Fsp3) is 0.615. The molecule has 18 heavy (non-hydrogen) atoms. The fourth-order valence-corrected chi connectivity index (χ4v) is 0.887. The zero-order valence-electron chi connectivity index (χ0n) is 11.7. The number of nitrogens with zero attached hydrogens (tertiary/aromatic N) is 1. The molecule has 0 aromatic carbocycles. The third-order valence-electron chi connectivity index (χ3n) is 2.34. The summed E-state index contributed by atoms with van der Waals surface area (Å²) >= 11 is 0. The van der Waals surface area contributed by atoms with Gasteiger partial charge < -0.3 is 10.2 Å². The summed E-state index contributed by atoms with van der Waals surface area (Å²) in [4.78, 5) is 27.6. The second kappa shape index (κ2) is 8.44. The van der Waals surface area contributed by atoms with Crippen molar-refractivity contribution in [3.8, 4) is 0 Å². The van der Waals surface area contributed by atoms with Gasteiger partial charge in [0.05, 0.1) is 5.92 Å². The molecule has 0 rings (SSSR count). The number of amides is 1. The molecule has 1 unspecified atom stereocenters. The Morgan fingerprint density at radius 2 is 1.94 bits per heavy atom. The molecule has 5 heteroatoms. The van der Waals surface area contributed by atoms with E-state index in [9.17, 15) is 9.59 Å². The Balaban J connectivity index is 4.62. The van der Waals surface area contributed by atoms with Crippen molar-refractivity contribution >= 4 is 17.7 Å². The second-order valence-electron chi connectivity index (χ2n) is 4.34. The third kappa shape index (κ3) is 6.18. The normalized spacial score (nSPS) is 13.8. The van der Waals surface area contributed by atoms with Crippen LogP contribution in [0.1, 0.15) is 41.0 Å². The Bertz CT molecular complexity index is 346. The number of carbonyl (C=O) groups excluding carboxylic acids is 2. The summed E-state index contributed by atoms with van der Waals surface area (Å²) in [5, 5.41) is 6.25. The Morgan fingerprint density at radius 1 is 1.33 bits per heavy atom. The molecule has 0 aromatic rings. The fourth-order valence-electron chi connectivity index (χ4n) is 0.887. The number of hydrogen-bond donors (Lipinski definition) is 1. The van der Waals surface area contributed by atoms with Crippen LogP contribution < -0.4 is 5.32 Å². The minimum atomic E-state index is -0.435. The lowest BCUT2D eigenvalue weighted by atomic mass is 10.1. The zero-order chi connectivity index (χ0) is 14.1. The van der Waals surface area contributed by atoms with Gasteiger partial charge in [-0.1, -0.05) is 38.9 Å². The molecule has 5 nitrogen and oxygen atoms in total. The highest BCUT2D eigenvalue weighted by molar-refractivity contribution is 6.04. The van der Waals surface area contributed by atoms with Gasteiger partial charge in [0.15, 0.2) is 5.84 Å². The van der Waals surface area contributed by atoms with Crippen molar-refractivity contribution < 1.29 is 14.4 Å². The van der Waals surface area contributed by atoms with Crippen LogP contribution in [0.4, 0.5) is 0 Å². The number of rotatable bonds is 5. The number of allylic oxidation sites excluding steroid dienone is 1. The first-order valence-corrected chi connectivity index (χ1v) is 6.14. The predicted octanol–water partition coefficient (Wildman–Crippen LogP) is 2.24. The first-order valence-electron chi connectivity index (χ1n) is 6.14. The van der Waals surface area contributed by atoms with Crippen molar-refractivity contribution in [1.29, 1.82) is 0 Å². The highest BCUT2D eigenvalue weighted by atomic mass is 16.7. The van der Waals surface area contributed by atoms with Crippen LogP contribution in [-0.2, 0) is 14.4 Å². The highest BCUT2D eigenvalue weighted by Gasteiger charge is 2.13. The molecule has 0 heterocycles. The summed E-state index contributed by atoms with van der Waals surface area (Å²) in [5.41, 5.74) is 0. The lowest BCUT2D eigenvalue weighted by molar-refractivity contribution is -0.147. The Labute approximate surface area is 108 Å². The largest absolute Gasteiger partial charge is 0.337 e. The van der Waals surface area contributed by atoms with Gasteiger partial charge in [0.2, 0.25) is 5.91 Å². The van der Waals surface area contributed by atoms with Crippen molar-refractivity contribution in [1.82, 2.24) is 5.32 Å². The van der Waals surface area contributed by atoms with E-state index in [2.05, 4.69) is 10.5 Å². The monoisotopic (exact) mass is 254 g/mol. The maximum Gasteiger partial charge on any atom is 0.337 e. The molecule has 0 radical (unpaired) electrons. The lowest BCUT2D eigenvalue weighted by Crippen LogP contribution is -2.33. The quantitative estimate of drug-likeness (QED) is 0.354. The van der Waals surface area contributed by atoms with Gasteiger partial charge in [-0.15, -0.1) is 0 Å². The van der Waals surface area contributed by atoms with E-state index in [1.807, 2.05) is 13.8 Å². The Morgan fingerprint density at radius 3 is 2.39 bits per heavy atom. The molecule has 0 bridgehead atoms. The summed E-state index contributed by atoms with van der Waals surface area (Å²) in [6.45, 7) is 8.96.